The minimum Gasteiger partial charge on any atom is -0.497 e. The number of methoxy groups -OCH3 is 1. The van der Waals surface area contributed by atoms with Gasteiger partial charge in [-0.05, 0) is 42.0 Å². The van der Waals surface area contributed by atoms with E-state index in [0.717, 1.165) is 40.0 Å². The first-order chi connectivity index (χ1) is 14.6. The maximum atomic E-state index is 12.7. The van der Waals surface area contributed by atoms with E-state index in [1.165, 1.54) is 4.90 Å². The Morgan fingerprint density at radius 1 is 1.07 bits per heavy atom. The fourth-order valence-corrected chi connectivity index (χ4v) is 3.80. The first kappa shape index (κ1) is 19.6. The Bertz CT molecular complexity index is 1100. The number of ether oxygens (including phenoxy) is 1. The molecule has 0 radical (unpaired) electrons. The molecule has 0 spiro atoms. The predicted octanol–water partition coefficient (Wildman–Crippen LogP) is 3.41. The van der Waals surface area contributed by atoms with Gasteiger partial charge in [0.15, 0.2) is 0 Å². The quantitative estimate of drug-likeness (QED) is 0.498. The van der Waals surface area contributed by atoms with E-state index in [9.17, 15) is 9.59 Å². The van der Waals surface area contributed by atoms with Crippen LogP contribution >= 0.6 is 0 Å². The summed E-state index contributed by atoms with van der Waals surface area (Å²) in [6, 6.07) is 17.3. The zero-order valence-electron chi connectivity index (χ0n) is 16.6. The van der Waals surface area contributed by atoms with Crippen molar-refractivity contribution in [2.24, 2.45) is 0 Å². The molecule has 3 aromatic carbocycles. The summed E-state index contributed by atoms with van der Waals surface area (Å²) >= 11 is 0. The Kier molecular flexibility index (Phi) is 5.43. The number of anilines is 2. The Labute approximate surface area is 174 Å². The lowest BCUT2D eigenvalue weighted by Gasteiger charge is -2.28. The summed E-state index contributed by atoms with van der Waals surface area (Å²) in [5.41, 5.74) is 3.48. The highest BCUT2D eigenvalue weighted by Gasteiger charge is 2.27. The second kappa shape index (κ2) is 8.32. The van der Waals surface area contributed by atoms with Crippen LogP contribution in [0.15, 0.2) is 54.6 Å². The van der Waals surface area contributed by atoms with Gasteiger partial charge in [-0.2, -0.15) is 0 Å². The Morgan fingerprint density at radius 2 is 1.83 bits per heavy atom. The Hall–Kier alpha value is -3.74. The van der Waals surface area contributed by atoms with Gasteiger partial charge in [-0.25, -0.2) is 0 Å². The third-order valence-corrected chi connectivity index (χ3v) is 5.19. The standard InChI is InChI=1S/C23H23N3O4/c1-30-17-8-6-16(7-9-17)24-11-12-25-20-10-5-15-13-26(14-21(27)28)23(29)19-4-2-3-18(20)22(15)19/h2-10,24-25H,11-14H2,1H3,(H,27,28). The molecule has 0 bridgehead atoms. The summed E-state index contributed by atoms with van der Waals surface area (Å²) in [6.45, 7) is 1.42. The zero-order valence-corrected chi connectivity index (χ0v) is 16.6. The average Bonchev–Trinajstić information content (AvgIpc) is 2.76. The van der Waals surface area contributed by atoms with Crippen LogP contribution in [-0.2, 0) is 11.3 Å². The molecule has 1 heterocycles. The molecule has 1 aliphatic heterocycles. The van der Waals surface area contributed by atoms with Crippen molar-refractivity contribution in [3.05, 3.63) is 65.7 Å². The van der Waals surface area contributed by atoms with Crippen molar-refractivity contribution < 1.29 is 19.4 Å². The summed E-state index contributed by atoms with van der Waals surface area (Å²) < 4.78 is 5.16. The second-order valence-electron chi connectivity index (χ2n) is 7.14. The van der Waals surface area contributed by atoms with Crippen LogP contribution in [0.3, 0.4) is 0 Å². The molecule has 7 nitrogen and oxygen atoms in total. The van der Waals surface area contributed by atoms with E-state index in [2.05, 4.69) is 10.6 Å². The highest BCUT2D eigenvalue weighted by Crippen LogP contribution is 2.34. The lowest BCUT2D eigenvalue weighted by Crippen LogP contribution is -2.37. The minimum absolute atomic E-state index is 0.242. The van der Waals surface area contributed by atoms with Gasteiger partial charge in [0.1, 0.15) is 12.3 Å². The molecule has 7 heteroatoms. The van der Waals surface area contributed by atoms with Gasteiger partial charge in [0.2, 0.25) is 0 Å². The van der Waals surface area contributed by atoms with Crippen molar-refractivity contribution in [1.82, 2.24) is 4.90 Å². The van der Waals surface area contributed by atoms with Gasteiger partial charge in [0, 0.05) is 47.3 Å². The maximum absolute atomic E-state index is 12.7. The zero-order chi connectivity index (χ0) is 21.1. The number of amides is 1. The van der Waals surface area contributed by atoms with E-state index in [0.29, 0.717) is 18.7 Å². The average molecular weight is 405 g/mol. The van der Waals surface area contributed by atoms with Crippen LogP contribution in [-0.4, -0.2) is 48.6 Å². The lowest BCUT2D eigenvalue weighted by atomic mass is 9.93. The number of carboxylic acid groups (broad SMARTS) is 1. The van der Waals surface area contributed by atoms with Crippen molar-refractivity contribution in [3.63, 3.8) is 0 Å². The van der Waals surface area contributed by atoms with Crippen LogP contribution in [0, 0.1) is 0 Å². The molecule has 3 aromatic rings. The number of rotatable bonds is 8. The Balaban J connectivity index is 1.48. The van der Waals surface area contributed by atoms with Crippen molar-refractivity contribution in [3.8, 4) is 5.75 Å². The molecule has 3 N–H and O–H groups in total. The van der Waals surface area contributed by atoms with Crippen LogP contribution in [0.5, 0.6) is 5.75 Å². The van der Waals surface area contributed by atoms with Gasteiger partial charge in [-0.15, -0.1) is 0 Å². The van der Waals surface area contributed by atoms with E-state index >= 15 is 0 Å². The van der Waals surface area contributed by atoms with Gasteiger partial charge in [0.05, 0.1) is 7.11 Å². The summed E-state index contributed by atoms with van der Waals surface area (Å²) in [6.07, 6.45) is 0. The van der Waals surface area contributed by atoms with Gasteiger partial charge in [0.25, 0.3) is 5.91 Å². The largest absolute Gasteiger partial charge is 0.497 e. The topological polar surface area (TPSA) is 90.9 Å². The van der Waals surface area contributed by atoms with Crippen LogP contribution < -0.4 is 15.4 Å². The molecule has 1 aliphatic rings. The first-order valence-electron chi connectivity index (χ1n) is 9.74. The maximum Gasteiger partial charge on any atom is 0.323 e. The Morgan fingerprint density at radius 3 is 2.57 bits per heavy atom. The number of benzene rings is 3. The number of carboxylic acids is 1. The van der Waals surface area contributed by atoms with Gasteiger partial charge < -0.3 is 25.4 Å². The highest BCUT2D eigenvalue weighted by molar-refractivity contribution is 6.13. The lowest BCUT2D eigenvalue weighted by molar-refractivity contribution is -0.137. The molecule has 154 valence electrons. The molecule has 30 heavy (non-hydrogen) atoms. The number of nitrogens with zero attached hydrogens (tertiary/aromatic N) is 1. The number of hydrogen-bond acceptors (Lipinski definition) is 5. The molecule has 1 amide bonds. The van der Waals surface area contributed by atoms with Crippen molar-refractivity contribution in [2.45, 2.75) is 6.54 Å². The summed E-state index contributed by atoms with van der Waals surface area (Å²) in [4.78, 5) is 25.2. The molecule has 0 atom stereocenters. The molecular weight excluding hydrogens is 382 g/mol. The molecule has 0 saturated carbocycles. The third kappa shape index (κ3) is 3.87. The summed E-state index contributed by atoms with van der Waals surface area (Å²) in [5, 5.41) is 17.7. The fraction of sp³-hybridized carbons (Fsp3) is 0.217. The number of hydrogen-bond donors (Lipinski definition) is 3. The molecule has 0 aliphatic carbocycles. The van der Waals surface area contributed by atoms with E-state index in [4.69, 9.17) is 9.84 Å². The number of carbonyl (C=O) groups excluding carboxylic acids is 1. The van der Waals surface area contributed by atoms with Crippen LogP contribution in [0.2, 0.25) is 0 Å². The van der Waals surface area contributed by atoms with Crippen LogP contribution in [0.25, 0.3) is 10.8 Å². The van der Waals surface area contributed by atoms with E-state index in [1.807, 2.05) is 48.5 Å². The third-order valence-electron chi connectivity index (χ3n) is 5.19. The molecular formula is C23H23N3O4. The van der Waals surface area contributed by atoms with Crippen molar-refractivity contribution in [1.29, 1.82) is 0 Å². The van der Waals surface area contributed by atoms with E-state index < -0.39 is 5.97 Å². The molecule has 4 rings (SSSR count). The van der Waals surface area contributed by atoms with Gasteiger partial charge in [-0.3, -0.25) is 9.59 Å². The highest BCUT2D eigenvalue weighted by atomic mass is 16.5. The minimum atomic E-state index is -1.01. The predicted molar refractivity (Wildman–Crippen MR) is 116 cm³/mol. The molecule has 0 unspecified atom stereocenters. The van der Waals surface area contributed by atoms with Gasteiger partial charge >= 0.3 is 5.97 Å². The normalized spacial score (nSPS) is 12.7. The molecule has 0 fully saturated rings. The van der Waals surface area contributed by atoms with E-state index in [-0.39, 0.29) is 12.5 Å². The number of carbonyl (C=O) groups is 2. The molecule has 0 aromatic heterocycles. The van der Waals surface area contributed by atoms with Gasteiger partial charge in [-0.1, -0.05) is 18.2 Å². The van der Waals surface area contributed by atoms with Crippen LogP contribution in [0.4, 0.5) is 11.4 Å². The van der Waals surface area contributed by atoms with Crippen molar-refractivity contribution >= 4 is 34.0 Å². The SMILES string of the molecule is COc1ccc(NCCNc2ccc3c4c(cccc24)C(=O)N(CC(=O)O)C3)cc1. The van der Waals surface area contributed by atoms with E-state index in [1.54, 1.807) is 13.2 Å². The second-order valence-corrected chi connectivity index (χ2v) is 7.14. The number of aliphatic carboxylic acids is 1. The van der Waals surface area contributed by atoms with Crippen LogP contribution in [0.1, 0.15) is 15.9 Å². The summed E-state index contributed by atoms with van der Waals surface area (Å²) in [7, 11) is 1.64. The first-order valence-corrected chi connectivity index (χ1v) is 9.74. The number of nitrogens with one attached hydrogen (secondary N) is 2. The smallest absolute Gasteiger partial charge is 0.323 e. The summed E-state index contributed by atoms with van der Waals surface area (Å²) in [5.74, 6) is -0.436. The fourth-order valence-electron chi connectivity index (χ4n) is 3.80. The molecule has 0 saturated heterocycles. The van der Waals surface area contributed by atoms with Crippen molar-refractivity contribution in [2.75, 3.05) is 37.4 Å². The monoisotopic (exact) mass is 405 g/mol.